The standard InChI is InChI=1S/C16H12O5/c17-12-8-14-11(7-9(12)5-6-15(18)19)16(20)10-3-1-2-4-13(10)21-14/h1-4,7-8,17H,5-6H2,(H,18,19). The molecule has 0 aliphatic carbocycles. The number of phenols is 1. The molecule has 0 radical (unpaired) electrons. The number of hydrogen-bond acceptors (Lipinski definition) is 4. The van der Waals surface area contributed by atoms with Crippen molar-refractivity contribution in [2.45, 2.75) is 12.8 Å². The maximum absolute atomic E-state index is 12.4. The summed E-state index contributed by atoms with van der Waals surface area (Å²) in [4.78, 5) is 23.1. The van der Waals surface area contributed by atoms with Crippen LogP contribution in [0.1, 0.15) is 12.0 Å². The molecule has 2 N–H and O–H groups in total. The molecule has 5 nitrogen and oxygen atoms in total. The first-order chi connectivity index (χ1) is 10.1. The lowest BCUT2D eigenvalue weighted by Crippen LogP contribution is -2.04. The molecule has 0 fully saturated rings. The van der Waals surface area contributed by atoms with Crippen LogP contribution in [0.15, 0.2) is 45.6 Å². The summed E-state index contributed by atoms with van der Waals surface area (Å²) in [6.07, 6.45) is 0.0430. The molecule has 0 amide bonds. The van der Waals surface area contributed by atoms with Crippen molar-refractivity contribution in [1.29, 1.82) is 0 Å². The second-order valence-corrected chi connectivity index (χ2v) is 4.80. The summed E-state index contributed by atoms with van der Waals surface area (Å²) >= 11 is 0. The third-order valence-electron chi connectivity index (χ3n) is 3.39. The van der Waals surface area contributed by atoms with Gasteiger partial charge < -0.3 is 14.6 Å². The van der Waals surface area contributed by atoms with Crippen LogP contribution < -0.4 is 5.43 Å². The number of carboxylic acids is 1. The van der Waals surface area contributed by atoms with Gasteiger partial charge in [0.15, 0.2) is 0 Å². The van der Waals surface area contributed by atoms with Crippen molar-refractivity contribution >= 4 is 27.9 Å². The van der Waals surface area contributed by atoms with Crippen LogP contribution in [0, 0.1) is 0 Å². The van der Waals surface area contributed by atoms with Crippen LogP contribution in [-0.2, 0) is 11.2 Å². The van der Waals surface area contributed by atoms with E-state index in [1.165, 1.54) is 12.1 Å². The SMILES string of the molecule is O=C(O)CCc1cc2c(=O)c3ccccc3oc2cc1O. The predicted octanol–water partition coefficient (Wildman–Crippen LogP) is 2.67. The largest absolute Gasteiger partial charge is 0.508 e. The Morgan fingerprint density at radius 3 is 2.62 bits per heavy atom. The fourth-order valence-electron chi connectivity index (χ4n) is 2.32. The summed E-state index contributed by atoms with van der Waals surface area (Å²) in [5.74, 6) is -1.03. The van der Waals surface area contributed by atoms with E-state index in [1.54, 1.807) is 24.3 Å². The van der Waals surface area contributed by atoms with E-state index < -0.39 is 5.97 Å². The van der Waals surface area contributed by atoms with Crippen LogP contribution in [0.4, 0.5) is 0 Å². The zero-order valence-electron chi connectivity index (χ0n) is 11.0. The Hall–Kier alpha value is -2.82. The number of aromatic hydroxyl groups is 1. The fraction of sp³-hybridized carbons (Fsp3) is 0.125. The second-order valence-electron chi connectivity index (χ2n) is 4.80. The van der Waals surface area contributed by atoms with E-state index in [1.807, 2.05) is 0 Å². The minimum absolute atomic E-state index is 0.0674. The number of aliphatic carboxylic acids is 1. The Labute approximate surface area is 119 Å². The molecular formula is C16H12O5. The normalized spacial score (nSPS) is 11.0. The lowest BCUT2D eigenvalue weighted by molar-refractivity contribution is -0.136. The lowest BCUT2D eigenvalue weighted by atomic mass is 10.0. The molecule has 2 aromatic carbocycles. The maximum Gasteiger partial charge on any atom is 0.303 e. The van der Waals surface area contributed by atoms with Gasteiger partial charge in [0.25, 0.3) is 0 Å². The number of carbonyl (C=O) groups is 1. The van der Waals surface area contributed by atoms with Gasteiger partial charge >= 0.3 is 5.97 Å². The summed E-state index contributed by atoms with van der Waals surface area (Å²) in [6.45, 7) is 0. The van der Waals surface area contributed by atoms with Gasteiger partial charge in [0.05, 0.1) is 10.8 Å². The molecule has 0 saturated heterocycles. The highest BCUT2D eigenvalue weighted by Gasteiger charge is 2.12. The summed E-state index contributed by atoms with van der Waals surface area (Å²) in [7, 11) is 0. The van der Waals surface area contributed by atoms with Gasteiger partial charge in [0, 0.05) is 12.5 Å². The van der Waals surface area contributed by atoms with Crippen molar-refractivity contribution in [3.63, 3.8) is 0 Å². The zero-order valence-corrected chi connectivity index (χ0v) is 11.0. The number of phenolic OH excluding ortho intramolecular Hbond substituents is 1. The zero-order chi connectivity index (χ0) is 15.0. The van der Waals surface area contributed by atoms with E-state index in [4.69, 9.17) is 9.52 Å². The van der Waals surface area contributed by atoms with Crippen LogP contribution in [0.2, 0.25) is 0 Å². The summed E-state index contributed by atoms with van der Waals surface area (Å²) < 4.78 is 5.61. The van der Waals surface area contributed by atoms with Gasteiger partial charge in [-0.2, -0.15) is 0 Å². The quantitative estimate of drug-likeness (QED) is 0.722. The highest BCUT2D eigenvalue weighted by atomic mass is 16.4. The van der Waals surface area contributed by atoms with E-state index in [0.717, 1.165) is 0 Å². The van der Waals surface area contributed by atoms with Crippen LogP contribution >= 0.6 is 0 Å². The summed E-state index contributed by atoms with van der Waals surface area (Å²) in [5.41, 5.74) is 0.971. The minimum Gasteiger partial charge on any atom is -0.508 e. The van der Waals surface area contributed by atoms with Crippen LogP contribution in [0.5, 0.6) is 5.75 Å². The van der Waals surface area contributed by atoms with E-state index >= 15 is 0 Å². The molecule has 1 heterocycles. The van der Waals surface area contributed by atoms with Crippen molar-refractivity contribution in [2.75, 3.05) is 0 Å². The number of aryl methyl sites for hydroxylation is 1. The second kappa shape index (κ2) is 4.94. The first-order valence-electron chi connectivity index (χ1n) is 6.45. The van der Waals surface area contributed by atoms with Crippen molar-refractivity contribution < 1.29 is 19.4 Å². The molecule has 3 rings (SSSR count). The minimum atomic E-state index is -0.958. The number of benzene rings is 2. The lowest BCUT2D eigenvalue weighted by Gasteiger charge is -2.06. The van der Waals surface area contributed by atoms with Crippen molar-refractivity contribution in [3.8, 4) is 5.75 Å². The molecule has 106 valence electrons. The monoisotopic (exact) mass is 284 g/mol. The van der Waals surface area contributed by atoms with E-state index in [2.05, 4.69) is 0 Å². The smallest absolute Gasteiger partial charge is 0.303 e. The predicted molar refractivity (Wildman–Crippen MR) is 77.6 cm³/mol. The number of para-hydroxylation sites is 1. The topological polar surface area (TPSA) is 87.7 Å². The average Bonchev–Trinajstić information content (AvgIpc) is 2.45. The maximum atomic E-state index is 12.4. The molecule has 5 heteroatoms. The van der Waals surface area contributed by atoms with E-state index in [9.17, 15) is 14.7 Å². The van der Waals surface area contributed by atoms with Gasteiger partial charge in [-0.3, -0.25) is 9.59 Å². The first-order valence-corrected chi connectivity index (χ1v) is 6.45. The van der Waals surface area contributed by atoms with Gasteiger partial charge in [-0.15, -0.1) is 0 Å². The molecule has 0 atom stereocenters. The van der Waals surface area contributed by atoms with Crippen molar-refractivity contribution in [2.24, 2.45) is 0 Å². The Balaban J connectivity index is 2.24. The highest BCUT2D eigenvalue weighted by Crippen LogP contribution is 2.26. The van der Waals surface area contributed by atoms with Gasteiger partial charge in [-0.05, 0) is 30.2 Å². The van der Waals surface area contributed by atoms with Crippen molar-refractivity contribution in [3.05, 3.63) is 52.2 Å². The van der Waals surface area contributed by atoms with E-state index in [0.29, 0.717) is 21.9 Å². The van der Waals surface area contributed by atoms with Gasteiger partial charge in [0.1, 0.15) is 16.9 Å². The third kappa shape index (κ3) is 2.33. The molecule has 0 unspecified atom stereocenters. The molecule has 0 spiro atoms. The Morgan fingerprint density at radius 2 is 1.86 bits per heavy atom. The van der Waals surface area contributed by atoms with E-state index in [-0.39, 0.29) is 29.6 Å². The number of carboxylic acid groups (broad SMARTS) is 1. The molecule has 0 bridgehead atoms. The summed E-state index contributed by atoms with van der Waals surface area (Å²) in [5, 5.41) is 19.4. The van der Waals surface area contributed by atoms with Crippen LogP contribution in [0.3, 0.4) is 0 Å². The summed E-state index contributed by atoms with van der Waals surface area (Å²) in [6, 6.07) is 9.73. The van der Waals surface area contributed by atoms with Gasteiger partial charge in [-0.25, -0.2) is 0 Å². The molecule has 0 aliphatic rings. The van der Waals surface area contributed by atoms with Gasteiger partial charge in [-0.1, -0.05) is 12.1 Å². The fourth-order valence-corrected chi connectivity index (χ4v) is 2.32. The number of rotatable bonds is 3. The van der Waals surface area contributed by atoms with Gasteiger partial charge in [0.2, 0.25) is 5.43 Å². The number of fused-ring (bicyclic) bond motifs is 2. The Kier molecular flexibility index (Phi) is 3.10. The number of hydrogen-bond donors (Lipinski definition) is 2. The molecule has 1 aromatic heterocycles. The van der Waals surface area contributed by atoms with Crippen molar-refractivity contribution in [1.82, 2.24) is 0 Å². The molecule has 0 aliphatic heterocycles. The highest BCUT2D eigenvalue weighted by molar-refractivity contribution is 5.90. The van der Waals surface area contributed by atoms with Crippen LogP contribution in [0.25, 0.3) is 21.9 Å². The third-order valence-corrected chi connectivity index (χ3v) is 3.39. The average molecular weight is 284 g/mol. The molecule has 3 aromatic rings. The first kappa shape index (κ1) is 13.2. The molecule has 21 heavy (non-hydrogen) atoms. The molecular weight excluding hydrogens is 272 g/mol. The molecule has 0 saturated carbocycles. The Bertz CT molecular complexity index is 908. The Morgan fingerprint density at radius 1 is 1.10 bits per heavy atom. The van der Waals surface area contributed by atoms with Crippen LogP contribution in [-0.4, -0.2) is 16.2 Å².